The molecule has 0 spiro atoms. The Morgan fingerprint density at radius 1 is 0.885 bits per heavy atom. The summed E-state index contributed by atoms with van der Waals surface area (Å²) in [6.07, 6.45) is 12.0. The third kappa shape index (κ3) is 12.0. The number of aliphatic carboxylic acids is 1. The van der Waals surface area contributed by atoms with E-state index < -0.39 is 17.9 Å². The number of nitrogens with two attached hydrogens (primary N) is 1. The molecule has 3 N–H and O–H groups in total. The summed E-state index contributed by atoms with van der Waals surface area (Å²) in [7, 11) is 3.32. The van der Waals surface area contributed by atoms with Crippen LogP contribution in [-0.2, 0) is 14.4 Å². The number of nitrogens with zero attached hydrogens (tertiary/aromatic N) is 1. The van der Waals surface area contributed by atoms with Crippen molar-refractivity contribution < 1.29 is 24.0 Å². The van der Waals surface area contributed by atoms with E-state index in [2.05, 4.69) is 6.92 Å². The average molecular weight is 372 g/mol. The standard InChI is InChI=1S/C20H38N2O4/c1-4-5-6-7-8-9-10-11-12-13-17(23)14-15-18(20(21)26)22(2,3)16-19(24)25/h18H,4-16H2,1-3H3,(H2-,21,24,25,26)/p+1. The van der Waals surface area contributed by atoms with Gasteiger partial charge < -0.3 is 15.3 Å². The number of amides is 1. The molecule has 1 atom stereocenters. The van der Waals surface area contributed by atoms with Crippen molar-refractivity contribution in [1.29, 1.82) is 0 Å². The van der Waals surface area contributed by atoms with Crippen LogP contribution in [0.2, 0.25) is 0 Å². The molecule has 0 aliphatic heterocycles. The van der Waals surface area contributed by atoms with Crippen LogP contribution in [0.1, 0.15) is 84.0 Å². The van der Waals surface area contributed by atoms with Crippen LogP contribution in [0.25, 0.3) is 0 Å². The maximum Gasteiger partial charge on any atom is 0.359 e. The number of quaternary nitrogens is 1. The van der Waals surface area contributed by atoms with Crippen LogP contribution in [0.15, 0.2) is 0 Å². The lowest BCUT2D eigenvalue weighted by Gasteiger charge is -2.34. The Morgan fingerprint density at radius 2 is 1.38 bits per heavy atom. The molecule has 0 saturated heterocycles. The fraction of sp³-hybridized carbons (Fsp3) is 0.850. The van der Waals surface area contributed by atoms with Crippen LogP contribution < -0.4 is 5.73 Å². The Bertz CT molecular complexity index is 436. The predicted octanol–water partition coefficient (Wildman–Crippen LogP) is 3.27. The van der Waals surface area contributed by atoms with Crippen molar-refractivity contribution in [3.63, 3.8) is 0 Å². The van der Waals surface area contributed by atoms with Crippen molar-refractivity contribution in [3.05, 3.63) is 0 Å². The number of carbonyl (C=O) groups excluding carboxylic acids is 2. The van der Waals surface area contributed by atoms with Crippen LogP contribution >= 0.6 is 0 Å². The molecule has 6 nitrogen and oxygen atoms in total. The first-order valence-electron chi connectivity index (χ1n) is 10.1. The highest BCUT2D eigenvalue weighted by atomic mass is 16.4. The van der Waals surface area contributed by atoms with Gasteiger partial charge in [0.15, 0.2) is 12.6 Å². The highest BCUT2D eigenvalue weighted by Gasteiger charge is 2.35. The van der Waals surface area contributed by atoms with Gasteiger partial charge in [-0.25, -0.2) is 4.79 Å². The van der Waals surface area contributed by atoms with Crippen LogP contribution in [-0.4, -0.2) is 53.9 Å². The van der Waals surface area contributed by atoms with Gasteiger partial charge in [-0.3, -0.25) is 9.59 Å². The lowest BCUT2D eigenvalue weighted by atomic mass is 10.0. The molecule has 0 rings (SSSR count). The van der Waals surface area contributed by atoms with Gasteiger partial charge in [0.25, 0.3) is 5.91 Å². The molecule has 0 saturated carbocycles. The SMILES string of the molecule is CCCCCCCCCCCC(=O)CCC(C(N)=O)[N+](C)(C)CC(=O)O. The summed E-state index contributed by atoms with van der Waals surface area (Å²) in [4.78, 5) is 34.7. The summed E-state index contributed by atoms with van der Waals surface area (Å²) in [5.41, 5.74) is 5.42. The second-order valence-corrected chi connectivity index (χ2v) is 7.90. The first-order valence-corrected chi connectivity index (χ1v) is 10.1. The van der Waals surface area contributed by atoms with Crippen molar-refractivity contribution in [2.75, 3.05) is 20.6 Å². The molecule has 0 heterocycles. The van der Waals surface area contributed by atoms with E-state index in [9.17, 15) is 14.4 Å². The van der Waals surface area contributed by atoms with Gasteiger partial charge in [0.2, 0.25) is 0 Å². The Kier molecular flexibility index (Phi) is 13.0. The largest absolute Gasteiger partial charge is 0.477 e. The third-order valence-corrected chi connectivity index (χ3v) is 4.97. The van der Waals surface area contributed by atoms with Crippen molar-refractivity contribution in [2.45, 2.75) is 90.0 Å². The fourth-order valence-corrected chi connectivity index (χ4v) is 3.35. The molecule has 0 aromatic rings. The minimum absolute atomic E-state index is 0.0318. The summed E-state index contributed by atoms with van der Waals surface area (Å²) in [6.45, 7) is 2.02. The molecule has 152 valence electrons. The van der Waals surface area contributed by atoms with Crippen LogP contribution in [0.3, 0.4) is 0 Å². The van der Waals surface area contributed by atoms with Gasteiger partial charge in [-0.1, -0.05) is 58.3 Å². The molecular formula is C20H39N2O4+. The number of hydrogen-bond acceptors (Lipinski definition) is 3. The molecular weight excluding hydrogens is 332 g/mol. The smallest absolute Gasteiger partial charge is 0.359 e. The maximum atomic E-state index is 12.1. The molecule has 0 radical (unpaired) electrons. The van der Waals surface area contributed by atoms with Gasteiger partial charge in [0.1, 0.15) is 5.78 Å². The van der Waals surface area contributed by atoms with E-state index in [1.54, 1.807) is 14.1 Å². The average Bonchev–Trinajstić information content (AvgIpc) is 2.51. The van der Waals surface area contributed by atoms with E-state index in [0.717, 1.165) is 12.8 Å². The van der Waals surface area contributed by atoms with Gasteiger partial charge in [-0.15, -0.1) is 0 Å². The summed E-state index contributed by atoms with van der Waals surface area (Å²) >= 11 is 0. The molecule has 6 heteroatoms. The van der Waals surface area contributed by atoms with E-state index in [-0.39, 0.29) is 23.2 Å². The minimum atomic E-state index is -0.984. The minimum Gasteiger partial charge on any atom is -0.477 e. The third-order valence-electron chi connectivity index (χ3n) is 4.97. The van der Waals surface area contributed by atoms with Gasteiger partial charge >= 0.3 is 5.97 Å². The number of ketones is 1. The van der Waals surface area contributed by atoms with Gasteiger partial charge in [-0.05, 0) is 6.42 Å². The molecule has 1 unspecified atom stereocenters. The molecule has 0 bridgehead atoms. The molecule has 0 aliphatic carbocycles. The summed E-state index contributed by atoms with van der Waals surface area (Å²) in [6, 6.07) is -0.654. The fourth-order valence-electron chi connectivity index (χ4n) is 3.35. The number of primary amides is 1. The Hall–Kier alpha value is -1.43. The van der Waals surface area contributed by atoms with E-state index in [4.69, 9.17) is 10.8 Å². The molecule has 1 amide bonds. The monoisotopic (exact) mass is 371 g/mol. The number of carbonyl (C=O) groups is 3. The second kappa shape index (κ2) is 13.7. The highest BCUT2D eigenvalue weighted by molar-refractivity contribution is 5.82. The van der Waals surface area contributed by atoms with E-state index in [1.165, 1.54) is 44.9 Å². The molecule has 26 heavy (non-hydrogen) atoms. The highest BCUT2D eigenvalue weighted by Crippen LogP contribution is 2.15. The second-order valence-electron chi connectivity index (χ2n) is 7.90. The van der Waals surface area contributed by atoms with Crippen molar-refractivity contribution in [1.82, 2.24) is 0 Å². The zero-order chi connectivity index (χ0) is 20.0. The summed E-state index contributed by atoms with van der Waals surface area (Å²) < 4.78 is -0.0318. The zero-order valence-electron chi connectivity index (χ0n) is 17.0. The Morgan fingerprint density at radius 3 is 1.85 bits per heavy atom. The van der Waals surface area contributed by atoms with Gasteiger partial charge in [0.05, 0.1) is 14.1 Å². The quantitative estimate of drug-likeness (QED) is 0.303. The Balaban J connectivity index is 3.97. The summed E-state index contributed by atoms with van der Waals surface area (Å²) in [5, 5.41) is 8.97. The number of carboxylic acids is 1. The number of likely N-dealkylation sites (N-methyl/N-ethyl adjacent to an activating group) is 1. The van der Waals surface area contributed by atoms with Crippen molar-refractivity contribution >= 4 is 17.7 Å². The van der Waals surface area contributed by atoms with Crippen molar-refractivity contribution in [3.8, 4) is 0 Å². The lowest BCUT2D eigenvalue weighted by molar-refractivity contribution is -0.899. The van der Waals surface area contributed by atoms with E-state index >= 15 is 0 Å². The first kappa shape index (κ1) is 24.6. The number of rotatable bonds is 17. The van der Waals surface area contributed by atoms with E-state index in [0.29, 0.717) is 12.8 Å². The predicted molar refractivity (Wildman–Crippen MR) is 104 cm³/mol. The summed E-state index contributed by atoms with van der Waals surface area (Å²) in [5.74, 6) is -1.40. The van der Waals surface area contributed by atoms with Gasteiger partial charge in [-0.2, -0.15) is 0 Å². The number of unbranched alkanes of at least 4 members (excludes halogenated alkanes) is 8. The van der Waals surface area contributed by atoms with Crippen molar-refractivity contribution in [2.24, 2.45) is 5.73 Å². The zero-order valence-corrected chi connectivity index (χ0v) is 17.0. The molecule has 0 aliphatic rings. The normalized spacial score (nSPS) is 12.7. The topological polar surface area (TPSA) is 97.5 Å². The number of Topliss-reactive ketones (excluding diaryl/α,β-unsaturated/α-hetero) is 1. The molecule has 0 aromatic heterocycles. The molecule has 0 fully saturated rings. The van der Waals surface area contributed by atoms with Crippen LogP contribution in [0, 0.1) is 0 Å². The van der Waals surface area contributed by atoms with Gasteiger partial charge in [0, 0.05) is 19.3 Å². The maximum absolute atomic E-state index is 12.1. The van der Waals surface area contributed by atoms with Crippen LogP contribution in [0.4, 0.5) is 0 Å². The Labute approximate surface area is 158 Å². The van der Waals surface area contributed by atoms with Crippen LogP contribution in [0.5, 0.6) is 0 Å². The number of hydrogen-bond donors (Lipinski definition) is 2. The first-order chi connectivity index (χ1) is 12.2. The molecule has 0 aromatic carbocycles. The lowest BCUT2D eigenvalue weighted by Crippen LogP contribution is -2.57. The van der Waals surface area contributed by atoms with E-state index in [1.807, 2.05) is 0 Å². The number of carboxylic acid groups (broad SMARTS) is 1.